The highest BCUT2D eigenvalue weighted by molar-refractivity contribution is 5.99. The largest absolute Gasteiger partial charge is 0.492 e. The Bertz CT molecular complexity index is 831. The Morgan fingerprint density at radius 2 is 1.55 bits per heavy atom. The number of nitrogens with zero attached hydrogens (tertiary/aromatic N) is 1. The SMILES string of the molecule is COC(=O)C1=C(C)NC(C)=C(C(=O)OC)C1c1ccc(OCCN2CCOCC2)cc1. The van der Waals surface area contributed by atoms with Gasteiger partial charge in [-0.15, -0.1) is 0 Å². The summed E-state index contributed by atoms with van der Waals surface area (Å²) in [5.41, 5.74) is 2.84. The molecular formula is C23H30N2O6. The summed E-state index contributed by atoms with van der Waals surface area (Å²) < 4.78 is 21.2. The molecule has 2 aliphatic heterocycles. The molecule has 0 unspecified atom stereocenters. The standard InChI is InChI=1S/C23H30N2O6/c1-15-19(22(26)28-3)21(20(16(2)24-15)23(27)29-4)17-5-7-18(8-6-17)31-14-11-25-9-12-30-13-10-25/h5-8,21,24H,9-14H2,1-4H3. The molecule has 31 heavy (non-hydrogen) atoms. The molecule has 168 valence electrons. The third-order valence-corrected chi connectivity index (χ3v) is 5.56. The lowest BCUT2D eigenvalue weighted by atomic mass is 9.80. The first-order valence-corrected chi connectivity index (χ1v) is 10.3. The van der Waals surface area contributed by atoms with Crippen molar-refractivity contribution in [3.05, 3.63) is 52.4 Å². The molecule has 0 atom stereocenters. The maximum Gasteiger partial charge on any atom is 0.336 e. The molecule has 1 fully saturated rings. The van der Waals surface area contributed by atoms with Crippen LogP contribution in [0, 0.1) is 0 Å². The molecule has 1 aromatic carbocycles. The van der Waals surface area contributed by atoms with Gasteiger partial charge in [0.25, 0.3) is 0 Å². The van der Waals surface area contributed by atoms with Crippen LogP contribution >= 0.6 is 0 Å². The molecule has 8 nitrogen and oxygen atoms in total. The number of hydrogen-bond acceptors (Lipinski definition) is 8. The number of hydrogen-bond donors (Lipinski definition) is 1. The van der Waals surface area contributed by atoms with Crippen molar-refractivity contribution in [3.63, 3.8) is 0 Å². The minimum atomic E-state index is -0.594. The zero-order chi connectivity index (χ0) is 22.4. The maximum atomic E-state index is 12.5. The number of ether oxygens (including phenoxy) is 4. The van der Waals surface area contributed by atoms with E-state index in [0.717, 1.165) is 44.2 Å². The average Bonchev–Trinajstić information content (AvgIpc) is 2.79. The van der Waals surface area contributed by atoms with Gasteiger partial charge in [0.1, 0.15) is 12.4 Å². The van der Waals surface area contributed by atoms with Crippen LogP contribution < -0.4 is 10.1 Å². The molecule has 0 radical (unpaired) electrons. The fourth-order valence-corrected chi connectivity index (χ4v) is 3.96. The van der Waals surface area contributed by atoms with Crippen LogP contribution in [-0.4, -0.2) is 70.5 Å². The number of methoxy groups -OCH3 is 2. The number of benzene rings is 1. The van der Waals surface area contributed by atoms with Crippen LogP contribution in [0.2, 0.25) is 0 Å². The van der Waals surface area contributed by atoms with Gasteiger partial charge in [0.15, 0.2) is 0 Å². The molecule has 0 spiro atoms. The van der Waals surface area contributed by atoms with Gasteiger partial charge in [-0.1, -0.05) is 12.1 Å². The van der Waals surface area contributed by atoms with Gasteiger partial charge < -0.3 is 24.3 Å². The van der Waals surface area contributed by atoms with Gasteiger partial charge in [0.2, 0.25) is 0 Å². The van der Waals surface area contributed by atoms with E-state index in [1.165, 1.54) is 14.2 Å². The van der Waals surface area contributed by atoms with Crippen molar-refractivity contribution in [2.45, 2.75) is 19.8 Å². The van der Waals surface area contributed by atoms with Crippen molar-refractivity contribution in [1.82, 2.24) is 10.2 Å². The van der Waals surface area contributed by atoms with E-state index in [0.29, 0.717) is 29.1 Å². The quantitative estimate of drug-likeness (QED) is 0.658. The lowest BCUT2D eigenvalue weighted by Gasteiger charge is -2.30. The number of nitrogens with one attached hydrogen (secondary N) is 1. The summed E-state index contributed by atoms with van der Waals surface area (Å²) in [4.78, 5) is 27.4. The van der Waals surface area contributed by atoms with Gasteiger partial charge >= 0.3 is 11.9 Å². The second-order valence-electron chi connectivity index (χ2n) is 7.49. The van der Waals surface area contributed by atoms with E-state index in [1.54, 1.807) is 13.8 Å². The fourth-order valence-electron chi connectivity index (χ4n) is 3.96. The van der Waals surface area contributed by atoms with Crippen molar-refractivity contribution >= 4 is 11.9 Å². The molecule has 2 heterocycles. The Labute approximate surface area is 182 Å². The molecule has 0 aromatic heterocycles. The van der Waals surface area contributed by atoms with Gasteiger partial charge in [0, 0.05) is 31.0 Å². The lowest BCUT2D eigenvalue weighted by molar-refractivity contribution is -0.137. The monoisotopic (exact) mass is 430 g/mol. The number of carbonyl (C=O) groups excluding carboxylic acids is 2. The third kappa shape index (κ3) is 5.26. The van der Waals surface area contributed by atoms with Crippen LogP contribution in [0.25, 0.3) is 0 Å². The molecule has 0 bridgehead atoms. The summed E-state index contributed by atoms with van der Waals surface area (Å²) >= 11 is 0. The predicted octanol–water partition coefficient (Wildman–Crippen LogP) is 1.98. The molecule has 0 amide bonds. The highest BCUT2D eigenvalue weighted by Crippen LogP contribution is 2.39. The van der Waals surface area contributed by atoms with Gasteiger partial charge in [-0.2, -0.15) is 0 Å². The topological polar surface area (TPSA) is 86.3 Å². The maximum absolute atomic E-state index is 12.5. The van der Waals surface area contributed by atoms with Crippen LogP contribution in [0.4, 0.5) is 0 Å². The molecule has 1 N–H and O–H groups in total. The van der Waals surface area contributed by atoms with E-state index in [9.17, 15) is 9.59 Å². The van der Waals surface area contributed by atoms with Crippen molar-refractivity contribution in [2.75, 3.05) is 53.7 Å². The third-order valence-electron chi connectivity index (χ3n) is 5.56. The first-order chi connectivity index (χ1) is 15.0. The second-order valence-corrected chi connectivity index (χ2v) is 7.49. The smallest absolute Gasteiger partial charge is 0.336 e. The van der Waals surface area contributed by atoms with Crippen molar-refractivity contribution in [1.29, 1.82) is 0 Å². The zero-order valence-electron chi connectivity index (χ0n) is 18.5. The summed E-state index contributed by atoms with van der Waals surface area (Å²) in [5, 5.41) is 3.10. The number of carbonyl (C=O) groups is 2. The molecule has 0 aliphatic carbocycles. The minimum Gasteiger partial charge on any atom is -0.492 e. The lowest BCUT2D eigenvalue weighted by Crippen LogP contribution is -2.38. The summed E-state index contributed by atoms with van der Waals surface area (Å²) in [7, 11) is 2.65. The predicted molar refractivity (Wildman–Crippen MR) is 115 cm³/mol. The number of dihydropyridines is 1. The number of rotatable bonds is 7. The van der Waals surface area contributed by atoms with Gasteiger partial charge in [0.05, 0.1) is 44.5 Å². The van der Waals surface area contributed by atoms with Crippen LogP contribution in [0.3, 0.4) is 0 Å². The van der Waals surface area contributed by atoms with Crippen LogP contribution in [0.15, 0.2) is 46.8 Å². The Hall–Kier alpha value is -2.84. The number of morpholine rings is 1. The fraction of sp³-hybridized carbons (Fsp3) is 0.478. The van der Waals surface area contributed by atoms with E-state index in [4.69, 9.17) is 18.9 Å². The second kappa shape index (κ2) is 10.5. The van der Waals surface area contributed by atoms with Crippen molar-refractivity contribution < 1.29 is 28.5 Å². The Balaban J connectivity index is 1.80. The zero-order valence-corrected chi connectivity index (χ0v) is 18.5. The Morgan fingerprint density at radius 1 is 1.00 bits per heavy atom. The van der Waals surface area contributed by atoms with Crippen LogP contribution in [0.5, 0.6) is 5.75 Å². The molecule has 3 rings (SSSR count). The summed E-state index contributed by atoms with van der Waals surface area (Å²) in [6.07, 6.45) is 0. The molecule has 1 aromatic rings. The first-order valence-electron chi connectivity index (χ1n) is 10.3. The summed E-state index contributed by atoms with van der Waals surface area (Å²) in [6, 6.07) is 7.44. The van der Waals surface area contributed by atoms with Crippen LogP contribution in [-0.2, 0) is 23.8 Å². The molecule has 2 aliphatic rings. The average molecular weight is 431 g/mol. The summed E-state index contributed by atoms with van der Waals surface area (Å²) in [6.45, 7) is 8.35. The minimum absolute atomic E-state index is 0.384. The van der Waals surface area contributed by atoms with Crippen molar-refractivity contribution in [3.8, 4) is 5.75 Å². The number of allylic oxidation sites excluding steroid dienone is 2. The van der Waals surface area contributed by atoms with E-state index in [1.807, 2.05) is 24.3 Å². The van der Waals surface area contributed by atoms with E-state index >= 15 is 0 Å². The highest BCUT2D eigenvalue weighted by Gasteiger charge is 2.37. The van der Waals surface area contributed by atoms with E-state index in [2.05, 4.69) is 10.2 Å². The Kier molecular flexibility index (Phi) is 7.70. The van der Waals surface area contributed by atoms with E-state index in [-0.39, 0.29) is 0 Å². The van der Waals surface area contributed by atoms with Gasteiger partial charge in [-0.25, -0.2) is 9.59 Å². The molecule has 0 saturated carbocycles. The summed E-state index contributed by atoms with van der Waals surface area (Å²) in [5.74, 6) is -0.848. The molecular weight excluding hydrogens is 400 g/mol. The Morgan fingerprint density at radius 3 is 2.06 bits per heavy atom. The van der Waals surface area contributed by atoms with Gasteiger partial charge in [-0.3, -0.25) is 4.90 Å². The normalized spacial score (nSPS) is 17.9. The number of esters is 2. The van der Waals surface area contributed by atoms with Gasteiger partial charge in [-0.05, 0) is 31.5 Å². The van der Waals surface area contributed by atoms with Crippen LogP contribution in [0.1, 0.15) is 25.3 Å². The van der Waals surface area contributed by atoms with Crippen molar-refractivity contribution in [2.24, 2.45) is 0 Å². The molecule has 1 saturated heterocycles. The first kappa shape index (κ1) is 22.8. The highest BCUT2D eigenvalue weighted by atomic mass is 16.5. The van der Waals surface area contributed by atoms with E-state index < -0.39 is 17.9 Å². The molecule has 8 heteroatoms.